The molecule has 164 valence electrons. The largest absolute Gasteiger partial charge is 0.497 e. The van der Waals surface area contributed by atoms with Gasteiger partial charge in [-0.05, 0) is 73.2 Å². The van der Waals surface area contributed by atoms with E-state index in [2.05, 4.69) is 10.3 Å². The van der Waals surface area contributed by atoms with Gasteiger partial charge in [-0.15, -0.1) is 11.3 Å². The standard InChI is InChI=1S/C25H24N2O4S/c1-30-19-7-5-6-16(14-19)15-26-24-22(20-8-3-4-9-21(20)32-24)23(28)27-18-12-10-17(11-13-18)25(29)31-2/h5-7,10-15H,3-4,8-9H2,1-2H3,(H,27,28). The third-order valence-corrected chi connectivity index (χ3v) is 6.57. The van der Waals surface area contributed by atoms with Crippen LogP contribution in [0.5, 0.6) is 5.75 Å². The smallest absolute Gasteiger partial charge is 0.337 e. The van der Waals surface area contributed by atoms with E-state index in [1.807, 2.05) is 24.3 Å². The summed E-state index contributed by atoms with van der Waals surface area (Å²) in [6.07, 6.45) is 5.81. The first-order valence-electron chi connectivity index (χ1n) is 10.4. The predicted octanol–water partition coefficient (Wildman–Crippen LogP) is 5.43. The molecule has 7 heteroatoms. The number of esters is 1. The lowest BCUT2D eigenvalue weighted by Gasteiger charge is -2.13. The van der Waals surface area contributed by atoms with Crippen molar-refractivity contribution in [3.63, 3.8) is 0 Å². The molecule has 6 nitrogen and oxygen atoms in total. The summed E-state index contributed by atoms with van der Waals surface area (Å²) < 4.78 is 10.0. The molecule has 32 heavy (non-hydrogen) atoms. The van der Waals surface area contributed by atoms with E-state index < -0.39 is 5.97 Å². The highest BCUT2D eigenvalue weighted by Crippen LogP contribution is 2.40. The van der Waals surface area contributed by atoms with E-state index in [4.69, 9.17) is 9.47 Å². The van der Waals surface area contributed by atoms with E-state index in [0.29, 0.717) is 21.8 Å². The van der Waals surface area contributed by atoms with Gasteiger partial charge in [0.25, 0.3) is 5.91 Å². The molecular weight excluding hydrogens is 424 g/mol. The molecule has 0 unspecified atom stereocenters. The van der Waals surface area contributed by atoms with Gasteiger partial charge in [0.1, 0.15) is 10.8 Å². The number of hydrogen-bond acceptors (Lipinski definition) is 6. The lowest BCUT2D eigenvalue weighted by Crippen LogP contribution is -2.15. The Balaban J connectivity index is 1.62. The second-order valence-corrected chi connectivity index (χ2v) is 8.53. The number of benzene rings is 2. The number of fused-ring (bicyclic) bond motifs is 1. The lowest BCUT2D eigenvalue weighted by molar-refractivity contribution is 0.0600. The zero-order valence-electron chi connectivity index (χ0n) is 18.0. The summed E-state index contributed by atoms with van der Waals surface area (Å²) in [5.74, 6) is 0.157. The summed E-state index contributed by atoms with van der Waals surface area (Å²) in [5.41, 5.74) is 3.69. The fourth-order valence-electron chi connectivity index (χ4n) is 3.73. The average molecular weight is 449 g/mol. The quantitative estimate of drug-likeness (QED) is 0.403. The maximum Gasteiger partial charge on any atom is 0.337 e. The van der Waals surface area contributed by atoms with Crippen LogP contribution in [-0.2, 0) is 17.6 Å². The second-order valence-electron chi connectivity index (χ2n) is 7.45. The molecule has 1 aliphatic carbocycles. The number of methoxy groups -OCH3 is 2. The number of carbonyl (C=O) groups excluding carboxylic acids is 2. The van der Waals surface area contributed by atoms with Gasteiger partial charge < -0.3 is 14.8 Å². The van der Waals surface area contributed by atoms with Gasteiger partial charge in [0.05, 0.1) is 25.3 Å². The number of nitrogens with one attached hydrogen (secondary N) is 1. The van der Waals surface area contributed by atoms with Crippen molar-refractivity contribution in [2.45, 2.75) is 25.7 Å². The average Bonchev–Trinajstić information content (AvgIpc) is 3.21. The first-order chi connectivity index (χ1) is 15.6. The normalized spacial score (nSPS) is 12.9. The maximum atomic E-state index is 13.3. The van der Waals surface area contributed by atoms with E-state index in [0.717, 1.165) is 42.6 Å². The zero-order chi connectivity index (χ0) is 22.5. The molecule has 1 aromatic heterocycles. The summed E-state index contributed by atoms with van der Waals surface area (Å²) in [7, 11) is 2.97. The highest BCUT2D eigenvalue weighted by Gasteiger charge is 2.25. The van der Waals surface area contributed by atoms with Crippen LogP contribution in [0, 0.1) is 0 Å². The molecule has 0 bridgehead atoms. The molecule has 0 radical (unpaired) electrons. The fraction of sp³-hybridized carbons (Fsp3) is 0.240. The number of thiophene rings is 1. The number of aliphatic imine (C=N–C) groups is 1. The Hall–Kier alpha value is -3.45. The lowest BCUT2D eigenvalue weighted by atomic mass is 9.95. The molecule has 3 aromatic rings. The van der Waals surface area contributed by atoms with Crippen molar-refractivity contribution >= 4 is 40.1 Å². The number of rotatable bonds is 6. The van der Waals surface area contributed by atoms with Crippen molar-refractivity contribution in [3.05, 3.63) is 75.7 Å². The molecule has 0 saturated carbocycles. The Kier molecular flexibility index (Phi) is 6.66. The number of ether oxygens (including phenoxy) is 2. The minimum atomic E-state index is -0.413. The molecule has 0 aliphatic heterocycles. The van der Waals surface area contributed by atoms with Crippen LogP contribution in [0.15, 0.2) is 53.5 Å². The molecule has 0 fully saturated rings. The summed E-state index contributed by atoms with van der Waals surface area (Å²) in [5, 5.41) is 3.67. The highest BCUT2D eigenvalue weighted by molar-refractivity contribution is 7.16. The summed E-state index contributed by atoms with van der Waals surface area (Å²) in [6, 6.07) is 14.3. The SMILES string of the molecule is COC(=O)c1ccc(NC(=O)c2c(N=Cc3cccc(OC)c3)sc3c2CCCC3)cc1. The van der Waals surface area contributed by atoms with Gasteiger partial charge in [0, 0.05) is 16.8 Å². The van der Waals surface area contributed by atoms with Crippen LogP contribution in [0.1, 0.15) is 49.6 Å². The monoisotopic (exact) mass is 448 g/mol. The molecule has 1 heterocycles. The summed E-state index contributed by atoms with van der Waals surface area (Å²) in [6.45, 7) is 0. The molecule has 4 rings (SSSR count). The third kappa shape index (κ3) is 4.73. The van der Waals surface area contributed by atoms with Gasteiger partial charge in [-0.2, -0.15) is 0 Å². The van der Waals surface area contributed by atoms with E-state index in [9.17, 15) is 9.59 Å². The first kappa shape index (κ1) is 21.8. The molecule has 1 N–H and O–H groups in total. The molecule has 0 spiro atoms. The van der Waals surface area contributed by atoms with Gasteiger partial charge in [0.2, 0.25) is 0 Å². The van der Waals surface area contributed by atoms with Crippen molar-refractivity contribution in [2.24, 2.45) is 4.99 Å². The highest BCUT2D eigenvalue weighted by atomic mass is 32.1. The van der Waals surface area contributed by atoms with Crippen LogP contribution < -0.4 is 10.1 Å². The van der Waals surface area contributed by atoms with Crippen LogP contribution in [-0.4, -0.2) is 32.3 Å². The van der Waals surface area contributed by atoms with Crippen molar-refractivity contribution in [3.8, 4) is 5.75 Å². The van der Waals surface area contributed by atoms with Crippen LogP contribution in [0.3, 0.4) is 0 Å². The predicted molar refractivity (Wildman–Crippen MR) is 127 cm³/mol. The zero-order valence-corrected chi connectivity index (χ0v) is 18.8. The van der Waals surface area contributed by atoms with E-state index in [-0.39, 0.29) is 5.91 Å². The van der Waals surface area contributed by atoms with Gasteiger partial charge in [-0.1, -0.05) is 12.1 Å². The van der Waals surface area contributed by atoms with Crippen molar-refractivity contribution in [1.29, 1.82) is 0 Å². The summed E-state index contributed by atoms with van der Waals surface area (Å²) in [4.78, 5) is 30.8. The molecule has 0 saturated heterocycles. The maximum absolute atomic E-state index is 13.3. The van der Waals surface area contributed by atoms with Crippen LogP contribution in [0.4, 0.5) is 10.7 Å². The van der Waals surface area contributed by atoms with E-state index in [1.165, 1.54) is 12.0 Å². The summed E-state index contributed by atoms with van der Waals surface area (Å²) >= 11 is 1.59. The number of amides is 1. The minimum absolute atomic E-state index is 0.187. The van der Waals surface area contributed by atoms with Crippen molar-refractivity contribution in [2.75, 3.05) is 19.5 Å². The third-order valence-electron chi connectivity index (χ3n) is 5.37. The molecule has 0 atom stereocenters. The Morgan fingerprint density at radius 3 is 2.59 bits per heavy atom. The van der Waals surface area contributed by atoms with Crippen LogP contribution in [0.2, 0.25) is 0 Å². The Morgan fingerprint density at radius 1 is 1.06 bits per heavy atom. The van der Waals surface area contributed by atoms with Crippen molar-refractivity contribution in [1.82, 2.24) is 0 Å². The van der Waals surface area contributed by atoms with Gasteiger partial charge >= 0.3 is 5.97 Å². The number of anilines is 1. The number of nitrogens with zero attached hydrogens (tertiary/aromatic N) is 1. The van der Waals surface area contributed by atoms with Gasteiger partial charge in [0.15, 0.2) is 0 Å². The molecular formula is C25H24N2O4S. The van der Waals surface area contributed by atoms with Gasteiger partial charge in [-0.25, -0.2) is 9.79 Å². The van der Waals surface area contributed by atoms with Crippen molar-refractivity contribution < 1.29 is 19.1 Å². The van der Waals surface area contributed by atoms with E-state index in [1.54, 1.807) is 48.9 Å². The van der Waals surface area contributed by atoms with Crippen LogP contribution >= 0.6 is 11.3 Å². The Morgan fingerprint density at radius 2 is 1.84 bits per heavy atom. The molecule has 2 aromatic carbocycles. The number of hydrogen-bond donors (Lipinski definition) is 1. The van der Waals surface area contributed by atoms with Gasteiger partial charge in [-0.3, -0.25) is 4.79 Å². The number of carbonyl (C=O) groups is 2. The Bertz CT molecular complexity index is 1170. The fourth-order valence-corrected chi connectivity index (χ4v) is 4.96. The molecule has 1 amide bonds. The number of aryl methyl sites for hydroxylation is 1. The minimum Gasteiger partial charge on any atom is -0.497 e. The Labute approximate surface area is 190 Å². The second kappa shape index (κ2) is 9.78. The first-order valence-corrected chi connectivity index (χ1v) is 11.2. The van der Waals surface area contributed by atoms with Crippen LogP contribution in [0.25, 0.3) is 0 Å². The topological polar surface area (TPSA) is 77.0 Å². The molecule has 1 aliphatic rings. The van der Waals surface area contributed by atoms with E-state index >= 15 is 0 Å².